The number of hydrogen-bond donors (Lipinski definition) is 2. The number of nitrogens with zero attached hydrogens (tertiary/aromatic N) is 1. The van der Waals surface area contributed by atoms with Gasteiger partial charge in [0.1, 0.15) is 13.2 Å². The Morgan fingerprint density at radius 1 is 0.632 bits per heavy atom. The fraction of sp³-hybridized carbons (Fsp3) is 0.646. The van der Waals surface area contributed by atoms with Gasteiger partial charge in [-0.3, -0.25) is 9.36 Å². The fourth-order valence-corrected chi connectivity index (χ4v) is 6.27. The van der Waals surface area contributed by atoms with Crippen molar-refractivity contribution in [1.82, 2.24) is 5.32 Å². The minimum atomic E-state index is -4.63. The van der Waals surface area contributed by atoms with Crippen molar-refractivity contribution in [3.8, 4) is 0 Å². The monoisotopic (exact) mass is 815 g/mol. The first-order valence-electron chi connectivity index (χ1n) is 22.1. The van der Waals surface area contributed by atoms with Crippen LogP contribution in [0.4, 0.5) is 0 Å². The number of amides is 1. The third kappa shape index (κ3) is 41.4. The molecule has 8 nitrogen and oxygen atoms in total. The van der Waals surface area contributed by atoms with Gasteiger partial charge in [0.2, 0.25) is 5.91 Å². The number of hydrogen-bond acceptors (Lipinski definition) is 6. The van der Waals surface area contributed by atoms with Crippen molar-refractivity contribution < 1.29 is 32.9 Å². The van der Waals surface area contributed by atoms with Gasteiger partial charge in [0, 0.05) is 6.42 Å². The van der Waals surface area contributed by atoms with E-state index in [0.29, 0.717) is 23.9 Å². The van der Waals surface area contributed by atoms with Gasteiger partial charge in [-0.15, -0.1) is 0 Å². The number of phosphoric acid groups is 1. The number of aliphatic hydroxyl groups excluding tert-OH is 1. The maximum atomic E-state index is 12.8. The van der Waals surface area contributed by atoms with E-state index in [1.54, 1.807) is 12.2 Å². The Labute approximate surface area is 349 Å². The second-order valence-electron chi connectivity index (χ2n) is 15.7. The van der Waals surface area contributed by atoms with Crippen molar-refractivity contribution in [2.45, 2.75) is 161 Å². The SMILES string of the molecule is CC/C=C\C/C=C\C/C=C\C/C=C\C/C=C\CC(=O)NC(COP(=O)([O-])OCC[N+](C)(C)C)C(O)/C=C/CC/C=C/CC/C=C/CCCCCCCCCCCC. The molecule has 0 aromatic carbocycles. The van der Waals surface area contributed by atoms with Crippen LogP contribution < -0.4 is 10.2 Å². The number of unbranched alkanes of at least 4 members (excludes halogenated alkanes) is 12. The van der Waals surface area contributed by atoms with Gasteiger partial charge in [0.05, 0.1) is 39.9 Å². The minimum Gasteiger partial charge on any atom is -0.756 e. The summed E-state index contributed by atoms with van der Waals surface area (Å²) in [6.07, 6.45) is 54.9. The summed E-state index contributed by atoms with van der Waals surface area (Å²) in [4.78, 5) is 25.2. The van der Waals surface area contributed by atoms with Crippen LogP contribution in [0.2, 0.25) is 0 Å². The zero-order valence-corrected chi connectivity index (χ0v) is 37.6. The van der Waals surface area contributed by atoms with Crippen LogP contribution in [-0.2, 0) is 18.4 Å². The average Bonchev–Trinajstić information content (AvgIpc) is 3.16. The maximum absolute atomic E-state index is 12.8. The van der Waals surface area contributed by atoms with Crippen molar-refractivity contribution in [1.29, 1.82) is 0 Å². The van der Waals surface area contributed by atoms with Crippen LogP contribution in [0.25, 0.3) is 0 Å². The topological polar surface area (TPSA) is 108 Å². The van der Waals surface area contributed by atoms with E-state index in [4.69, 9.17) is 9.05 Å². The standard InChI is InChI=1S/C48H83N2O6P/c1-6-8-10-12-14-16-18-20-22-23-24-25-26-28-29-31-33-35-37-39-41-47(51)46(45-56-57(53,54)55-44-43-50(3,4)5)49-48(52)42-40-38-36-34-32-30-27-21-19-17-15-13-11-9-7-2/h9,11,15,17,21,25-27,31-34,38-41,46-47,51H,6-8,10,12-14,16,18-20,22-24,28-30,35-37,42-45H2,1-5H3,(H-,49,52,53,54)/b11-9-,17-15-,26-25+,27-21-,33-31+,34-32-,40-38-,41-39+. The number of aliphatic hydroxyl groups is 1. The summed E-state index contributed by atoms with van der Waals surface area (Å²) in [5, 5.41) is 13.7. The molecule has 57 heavy (non-hydrogen) atoms. The third-order valence-electron chi connectivity index (χ3n) is 9.03. The molecule has 0 radical (unpaired) electrons. The number of rotatable bonds is 38. The number of carbonyl (C=O) groups excluding carboxylic acids is 1. The molecule has 9 heteroatoms. The van der Waals surface area contributed by atoms with Crippen molar-refractivity contribution in [2.75, 3.05) is 40.9 Å². The Bertz CT molecular complexity index is 1240. The number of carbonyl (C=O) groups is 1. The van der Waals surface area contributed by atoms with E-state index in [9.17, 15) is 19.4 Å². The van der Waals surface area contributed by atoms with E-state index in [-0.39, 0.29) is 18.9 Å². The van der Waals surface area contributed by atoms with E-state index >= 15 is 0 Å². The highest BCUT2D eigenvalue weighted by molar-refractivity contribution is 7.45. The van der Waals surface area contributed by atoms with Crippen LogP contribution in [0.5, 0.6) is 0 Å². The van der Waals surface area contributed by atoms with Gasteiger partial charge in [0.15, 0.2) is 0 Å². The van der Waals surface area contributed by atoms with Crippen LogP contribution in [0.1, 0.15) is 149 Å². The van der Waals surface area contributed by atoms with Gasteiger partial charge in [-0.2, -0.15) is 0 Å². The molecule has 1 amide bonds. The van der Waals surface area contributed by atoms with Crippen LogP contribution in [0.3, 0.4) is 0 Å². The van der Waals surface area contributed by atoms with E-state index < -0.39 is 26.6 Å². The zero-order valence-electron chi connectivity index (χ0n) is 36.7. The zero-order chi connectivity index (χ0) is 42.1. The van der Waals surface area contributed by atoms with Crippen LogP contribution in [-0.4, -0.2) is 68.5 Å². The van der Waals surface area contributed by atoms with Crippen molar-refractivity contribution in [3.63, 3.8) is 0 Å². The second-order valence-corrected chi connectivity index (χ2v) is 17.1. The highest BCUT2D eigenvalue weighted by Gasteiger charge is 2.22. The molecule has 0 saturated carbocycles. The number of allylic oxidation sites excluding steroid dienone is 14. The first-order chi connectivity index (χ1) is 27.5. The molecule has 3 unspecified atom stereocenters. The van der Waals surface area contributed by atoms with Gasteiger partial charge < -0.3 is 28.8 Å². The smallest absolute Gasteiger partial charge is 0.268 e. The lowest BCUT2D eigenvalue weighted by Gasteiger charge is -2.29. The van der Waals surface area contributed by atoms with Gasteiger partial charge in [-0.25, -0.2) is 0 Å². The van der Waals surface area contributed by atoms with Crippen LogP contribution >= 0.6 is 7.82 Å². The van der Waals surface area contributed by atoms with Crippen molar-refractivity contribution in [2.24, 2.45) is 0 Å². The summed E-state index contributed by atoms with van der Waals surface area (Å²) in [7, 11) is 1.16. The molecule has 0 saturated heterocycles. The summed E-state index contributed by atoms with van der Waals surface area (Å²) in [6.45, 7) is 4.40. The van der Waals surface area contributed by atoms with E-state index in [1.807, 2.05) is 39.4 Å². The van der Waals surface area contributed by atoms with E-state index in [2.05, 4.69) is 86.0 Å². The summed E-state index contributed by atoms with van der Waals surface area (Å²) in [6, 6.07) is -0.969. The van der Waals surface area contributed by atoms with Crippen LogP contribution in [0.15, 0.2) is 97.2 Å². The fourth-order valence-electron chi connectivity index (χ4n) is 5.54. The highest BCUT2D eigenvalue weighted by atomic mass is 31.2. The number of quaternary nitrogens is 1. The summed E-state index contributed by atoms with van der Waals surface area (Å²) in [5.41, 5.74) is 0. The Kier molecular flexibility index (Phi) is 37.2. The molecule has 0 aliphatic carbocycles. The molecular weight excluding hydrogens is 732 g/mol. The molecule has 0 fully saturated rings. The molecule has 0 aliphatic rings. The molecule has 0 aliphatic heterocycles. The summed E-state index contributed by atoms with van der Waals surface area (Å²) < 4.78 is 23.1. The van der Waals surface area contributed by atoms with Crippen LogP contribution in [0, 0.1) is 0 Å². The quantitative estimate of drug-likeness (QED) is 0.0278. The van der Waals surface area contributed by atoms with Crippen molar-refractivity contribution in [3.05, 3.63) is 97.2 Å². The lowest BCUT2D eigenvalue weighted by atomic mass is 10.1. The molecule has 0 bridgehead atoms. The molecule has 3 atom stereocenters. The first kappa shape index (κ1) is 54.4. The van der Waals surface area contributed by atoms with Crippen molar-refractivity contribution >= 4 is 13.7 Å². The molecule has 2 N–H and O–H groups in total. The van der Waals surface area contributed by atoms with Gasteiger partial charge in [-0.05, 0) is 70.6 Å². The number of likely N-dealkylation sites (N-methyl/N-ethyl adjacent to an activating group) is 1. The predicted molar refractivity (Wildman–Crippen MR) is 242 cm³/mol. The summed E-state index contributed by atoms with van der Waals surface area (Å²) in [5.74, 6) is -0.343. The average molecular weight is 815 g/mol. The molecule has 0 aromatic heterocycles. The lowest BCUT2D eigenvalue weighted by Crippen LogP contribution is -2.45. The number of nitrogens with one attached hydrogen (secondary N) is 1. The molecule has 0 heterocycles. The lowest BCUT2D eigenvalue weighted by molar-refractivity contribution is -0.870. The maximum Gasteiger partial charge on any atom is 0.268 e. The highest BCUT2D eigenvalue weighted by Crippen LogP contribution is 2.38. The molecule has 0 spiro atoms. The molecule has 326 valence electrons. The van der Waals surface area contributed by atoms with Gasteiger partial charge in [0.25, 0.3) is 7.82 Å². The Morgan fingerprint density at radius 2 is 1.09 bits per heavy atom. The third-order valence-corrected chi connectivity index (χ3v) is 10.00. The van der Waals surface area contributed by atoms with Gasteiger partial charge in [-0.1, -0.05) is 169 Å². The largest absolute Gasteiger partial charge is 0.756 e. The first-order valence-corrected chi connectivity index (χ1v) is 23.6. The van der Waals surface area contributed by atoms with E-state index in [1.165, 1.54) is 70.6 Å². The van der Waals surface area contributed by atoms with E-state index in [0.717, 1.165) is 44.9 Å². The Balaban J connectivity index is 4.65. The molecular formula is C48H83N2O6P. The Hall–Kier alpha value is -2.58. The predicted octanol–water partition coefficient (Wildman–Crippen LogP) is 11.7. The Morgan fingerprint density at radius 3 is 1.60 bits per heavy atom. The molecule has 0 rings (SSSR count). The second kappa shape index (κ2) is 38.9. The van der Waals surface area contributed by atoms with Gasteiger partial charge >= 0.3 is 0 Å². The minimum absolute atomic E-state index is 0.0307. The molecule has 0 aromatic rings. The number of phosphoric ester groups is 1. The normalized spacial score (nSPS) is 15.3. The summed E-state index contributed by atoms with van der Waals surface area (Å²) >= 11 is 0.